The average Bonchev–Trinajstić information content (AvgIpc) is 3.08. The SMILES string of the molecule is Cc1coc2cc3oc(=O)c(CC(=O)N[C@H](C(=O)O)C4=CCC=CC4)c(C)c3cc12. The number of nitrogens with one attached hydrogen (secondary N) is 1. The summed E-state index contributed by atoms with van der Waals surface area (Å²) in [7, 11) is 0. The van der Waals surface area contributed by atoms with Crippen molar-refractivity contribution in [1.82, 2.24) is 5.32 Å². The highest BCUT2D eigenvalue weighted by Crippen LogP contribution is 2.29. The monoisotopic (exact) mass is 407 g/mol. The molecule has 30 heavy (non-hydrogen) atoms. The molecule has 1 aromatic carbocycles. The van der Waals surface area contributed by atoms with Crippen molar-refractivity contribution in [2.75, 3.05) is 0 Å². The zero-order valence-electron chi connectivity index (χ0n) is 16.7. The van der Waals surface area contributed by atoms with Crippen LogP contribution in [0.4, 0.5) is 0 Å². The molecule has 2 aromatic heterocycles. The Kier molecular flexibility index (Phi) is 5.03. The van der Waals surface area contributed by atoms with Gasteiger partial charge in [0, 0.05) is 16.8 Å². The summed E-state index contributed by atoms with van der Waals surface area (Å²) in [4.78, 5) is 36.8. The maximum atomic E-state index is 12.6. The Bertz CT molecular complexity index is 1290. The van der Waals surface area contributed by atoms with Gasteiger partial charge in [-0.3, -0.25) is 4.79 Å². The summed E-state index contributed by atoms with van der Waals surface area (Å²) in [6, 6.07) is 2.42. The Labute approximate surface area is 171 Å². The first-order valence-corrected chi connectivity index (χ1v) is 9.65. The van der Waals surface area contributed by atoms with E-state index in [0.717, 1.165) is 10.9 Å². The molecular weight excluding hydrogens is 386 g/mol. The molecule has 0 radical (unpaired) electrons. The topological polar surface area (TPSA) is 110 Å². The van der Waals surface area contributed by atoms with Gasteiger partial charge in [-0.2, -0.15) is 0 Å². The molecule has 0 saturated carbocycles. The first kappa shape index (κ1) is 19.7. The number of allylic oxidation sites excluding steroid dienone is 3. The maximum absolute atomic E-state index is 12.6. The number of aliphatic carboxylic acids is 1. The van der Waals surface area contributed by atoms with Crippen LogP contribution in [-0.2, 0) is 16.0 Å². The Morgan fingerprint density at radius 3 is 2.67 bits per heavy atom. The van der Waals surface area contributed by atoms with E-state index >= 15 is 0 Å². The number of benzene rings is 1. The van der Waals surface area contributed by atoms with Crippen LogP contribution >= 0.6 is 0 Å². The number of rotatable bonds is 5. The third kappa shape index (κ3) is 3.54. The molecule has 7 heteroatoms. The predicted molar refractivity (Wildman–Crippen MR) is 111 cm³/mol. The zero-order valence-corrected chi connectivity index (χ0v) is 16.7. The van der Waals surface area contributed by atoms with E-state index < -0.39 is 23.5 Å². The van der Waals surface area contributed by atoms with Crippen LogP contribution in [0.3, 0.4) is 0 Å². The second kappa shape index (κ2) is 7.67. The summed E-state index contributed by atoms with van der Waals surface area (Å²) < 4.78 is 10.9. The maximum Gasteiger partial charge on any atom is 0.340 e. The molecule has 0 bridgehead atoms. The van der Waals surface area contributed by atoms with E-state index in [1.54, 1.807) is 25.3 Å². The average molecular weight is 407 g/mol. The molecule has 0 spiro atoms. The molecule has 1 aliphatic carbocycles. The quantitative estimate of drug-likeness (QED) is 0.494. The summed E-state index contributed by atoms with van der Waals surface area (Å²) in [6.07, 6.45) is 8.07. The third-order valence-electron chi connectivity index (χ3n) is 5.47. The van der Waals surface area contributed by atoms with Gasteiger partial charge in [0.05, 0.1) is 18.2 Å². The minimum atomic E-state index is -1.13. The zero-order chi connectivity index (χ0) is 21.4. The summed E-state index contributed by atoms with van der Waals surface area (Å²) >= 11 is 0. The number of carboxylic acid groups (broad SMARTS) is 1. The predicted octanol–water partition coefficient (Wildman–Crippen LogP) is 3.54. The van der Waals surface area contributed by atoms with Crippen molar-refractivity contribution < 1.29 is 23.5 Å². The molecule has 2 heterocycles. The summed E-state index contributed by atoms with van der Waals surface area (Å²) in [5.41, 5.74) is 2.80. The van der Waals surface area contributed by atoms with Crippen molar-refractivity contribution in [2.45, 2.75) is 39.2 Å². The molecule has 4 rings (SSSR count). The second-order valence-electron chi connectivity index (χ2n) is 7.46. The van der Waals surface area contributed by atoms with Crippen molar-refractivity contribution in [3.63, 3.8) is 0 Å². The first-order chi connectivity index (χ1) is 14.3. The van der Waals surface area contributed by atoms with Crippen LogP contribution in [0.1, 0.15) is 29.5 Å². The van der Waals surface area contributed by atoms with E-state index in [2.05, 4.69) is 5.32 Å². The minimum Gasteiger partial charge on any atom is -0.479 e. The van der Waals surface area contributed by atoms with Gasteiger partial charge >= 0.3 is 11.6 Å². The molecule has 0 fully saturated rings. The van der Waals surface area contributed by atoms with E-state index in [1.807, 2.05) is 25.1 Å². The number of aryl methyl sites for hydroxylation is 2. The highest BCUT2D eigenvalue weighted by Gasteiger charge is 2.25. The number of carbonyl (C=O) groups is 2. The Balaban J connectivity index is 1.65. The molecule has 0 aliphatic heterocycles. The number of hydrogen-bond donors (Lipinski definition) is 2. The third-order valence-corrected chi connectivity index (χ3v) is 5.47. The Morgan fingerprint density at radius 2 is 1.97 bits per heavy atom. The summed E-state index contributed by atoms with van der Waals surface area (Å²) in [6.45, 7) is 3.67. The van der Waals surface area contributed by atoms with Gasteiger partial charge in [-0.05, 0) is 49.5 Å². The van der Waals surface area contributed by atoms with E-state index in [9.17, 15) is 19.5 Å². The lowest BCUT2D eigenvalue weighted by atomic mass is 9.97. The highest BCUT2D eigenvalue weighted by molar-refractivity contribution is 5.97. The number of amides is 1. The smallest absolute Gasteiger partial charge is 0.340 e. The fraction of sp³-hybridized carbons (Fsp3) is 0.261. The number of hydrogen-bond acceptors (Lipinski definition) is 5. The lowest BCUT2D eigenvalue weighted by Crippen LogP contribution is -2.43. The fourth-order valence-corrected chi connectivity index (χ4v) is 3.78. The summed E-state index contributed by atoms with van der Waals surface area (Å²) in [5, 5.41) is 13.7. The van der Waals surface area contributed by atoms with Crippen LogP contribution in [-0.4, -0.2) is 23.0 Å². The molecular formula is C23H21NO6. The van der Waals surface area contributed by atoms with Crippen LogP contribution in [0.2, 0.25) is 0 Å². The standard InChI is InChI=1S/C23H21NO6/c1-12-11-29-18-10-19-16(8-15(12)18)13(2)17(23(28)30-19)9-20(25)24-21(22(26)27)14-6-4-3-5-7-14/h3-4,7-8,10-11,21H,5-6,9H2,1-2H3,(H,24,25)(H,26,27)/t21-/m0/s1. The van der Waals surface area contributed by atoms with E-state index in [-0.39, 0.29) is 12.0 Å². The van der Waals surface area contributed by atoms with Crippen LogP contribution in [0.15, 0.2) is 55.8 Å². The normalized spacial score (nSPS) is 14.7. The van der Waals surface area contributed by atoms with Crippen molar-refractivity contribution in [1.29, 1.82) is 0 Å². The van der Waals surface area contributed by atoms with Gasteiger partial charge in [-0.25, -0.2) is 9.59 Å². The van der Waals surface area contributed by atoms with Crippen LogP contribution in [0.25, 0.3) is 21.9 Å². The molecule has 0 unspecified atom stereocenters. The molecule has 3 aromatic rings. The minimum absolute atomic E-state index is 0.210. The van der Waals surface area contributed by atoms with Crippen molar-refractivity contribution in [3.8, 4) is 0 Å². The van der Waals surface area contributed by atoms with Crippen LogP contribution in [0, 0.1) is 13.8 Å². The lowest BCUT2D eigenvalue weighted by Gasteiger charge is -2.19. The van der Waals surface area contributed by atoms with Crippen molar-refractivity contribution >= 4 is 33.8 Å². The first-order valence-electron chi connectivity index (χ1n) is 9.65. The number of fused-ring (bicyclic) bond motifs is 2. The van der Waals surface area contributed by atoms with Crippen molar-refractivity contribution in [3.05, 3.63) is 69.3 Å². The molecule has 1 amide bonds. The van der Waals surface area contributed by atoms with Crippen LogP contribution in [0.5, 0.6) is 0 Å². The molecule has 7 nitrogen and oxygen atoms in total. The Morgan fingerprint density at radius 1 is 1.17 bits per heavy atom. The highest BCUT2D eigenvalue weighted by atomic mass is 16.4. The van der Waals surface area contributed by atoms with Crippen LogP contribution < -0.4 is 10.9 Å². The van der Waals surface area contributed by atoms with E-state index in [0.29, 0.717) is 40.5 Å². The van der Waals surface area contributed by atoms with E-state index in [4.69, 9.17) is 8.83 Å². The fourth-order valence-electron chi connectivity index (χ4n) is 3.78. The van der Waals surface area contributed by atoms with Gasteiger partial charge in [-0.15, -0.1) is 0 Å². The molecule has 1 atom stereocenters. The number of furan rings is 1. The van der Waals surface area contributed by atoms with Gasteiger partial charge in [0.1, 0.15) is 17.2 Å². The molecule has 2 N–H and O–H groups in total. The largest absolute Gasteiger partial charge is 0.479 e. The van der Waals surface area contributed by atoms with Gasteiger partial charge in [0.25, 0.3) is 0 Å². The van der Waals surface area contributed by atoms with Gasteiger partial charge in [-0.1, -0.05) is 18.2 Å². The molecule has 0 saturated heterocycles. The number of carbonyl (C=O) groups excluding carboxylic acids is 1. The molecule has 1 aliphatic rings. The van der Waals surface area contributed by atoms with Gasteiger partial charge in [0.2, 0.25) is 5.91 Å². The Hall–Kier alpha value is -3.61. The van der Waals surface area contributed by atoms with E-state index in [1.165, 1.54) is 0 Å². The summed E-state index contributed by atoms with van der Waals surface area (Å²) in [5.74, 6) is -1.68. The van der Waals surface area contributed by atoms with Crippen molar-refractivity contribution in [2.24, 2.45) is 0 Å². The molecule has 154 valence electrons. The lowest BCUT2D eigenvalue weighted by molar-refractivity contribution is -0.140. The van der Waals surface area contributed by atoms with Gasteiger partial charge < -0.3 is 19.3 Å². The number of carboxylic acids is 1. The van der Waals surface area contributed by atoms with Gasteiger partial charge in [0.15, 0.2) is 0 Å². The second-order valence-corrected chi connectivity index (χ2v) is 7.46.